The molecule has 1 aromatic carbocycles. The van der Waals surface area contributed by atoms with E-state index >= 15 is 0 Å². The van der Waals surface area contributed by atoms with Crippen molar-refractivity contribution in [3.8, 4) is 11.4 Å². The van der Waals surface area contributed by atoms with Crippen LogP contribution < -0.4 is 0 Å². The molecule has 1 amide bonds. The van der Waals surface area contributed by atoms with Crippen molar-refractivity contribution in [3.63, 3.8) is 0 Å². The highest BCUT2D eigenvalue weighted by Gasteiger charge is 2.20. The average molecular weight is 291 g/mol. The predicted octanol–water partition coefficient (Wildman–Crippen LogP) is 2.57. The van der Waals surface area contributed by atoms with Crippen molar-refractivity contribution < 1.29 is 4.79 Å². The summed E-state index contributed by atoms with van der Waals surface area (Å²) >= 11 is 6.20. The number of rotatable bonds is 3. The van der Waals surface area contributed by atoms with Crippen molar-refractivity contribution in [2.75, 3.05) is 6.54 Å². The molecule has 0 aliphatic carbocycles. The first-order valence-corrected chi connectivity index (χ1v) is 7.04. The van der Waals surface area contributed by atoms with Crippen molar-refractivity contribution in [2.45, 2.75) is 25.9 Å². The van der Waals surface area contributed by atoms with Crippen LogP contribution in [-0.4, -0.2) is 32.1 Å². The van der Waals surface area contributed by atoms with E-state index in [0.717, 1.165) is 24.9 Å². The Bertz CT molecular complexity index is 625. The van der Waals surface area contributed by atoms with Crippen LogP contribution in [0.25, 0.3) is 11.4 Å². The highest BCUT2D eigenvalue weighted by atomic mass is 35.5. The van der Waals surface area contributed by atoms with Crippen LogP contribution in [0.2, 0.25) is 5.02 Å². The number of aromatic nitrogens is 3. The summed E-state index contributed by atoms with van der Waals surface area (Å²) in [5.74, 6) is 0.867. The quantitative estimate of drug-likeness (QED) is 0.873. The Hall–Kier alpha value is -1.88. The summed E-state index contributed by atoms with van der Waals surface area (Å²) in [6.45, 7) is 1.21. The highest BCUT2D eigenvalue weighted by molar-refractivity contribution is 6.33. The van der Waals surface area contributed by atoms with E-state index in [0.29, 0.717) is 23.9 Å². The molecular formula is C14H15ClN4O. The normalized spacial score (nSPS) is 15.7. The Labute approximate surface area is 122 Å². The fraction of sp³-hybridized carbons (Fsp3) is 0.357. The zero-order valence-electron chi connectivity index (χ0n) is 11.0. The van der Waals surface area contributed by atoms with Crippen molar-refractivity contribution in [1.29, 1.82) is 0 Å². The van der Waals surface area contributed by atoms with E-state index < -0.39 is 0 Å². The van der Waals surface area contributed by atoms with Crippen molar-refractivity contribution in [1.82, 2.24) is 19.7 Å². The smallest absolute Gasteiger partial charge is 0.224 e. The molecule has 1 aliphatic heterocycles. The first-order valence-electron chi connectivity index (χ1n) is 6.66. The molecule has 0 atom stereocenters. The number of amides is 1. The van der Waals surface area contributed by atoms with Crippen LogP contribution in [0.4, 0.5) is 0 Å². The van der Waals surface area contributed by atoms with E-state index in [1.807, 2.05) is 29.2 Å². The SMILES string of the molecule is O=C1CCCCN1Cn1ncnc1-c1ccccc1Cl. The van der Waals surface area contributed by atoms with Crippen LogP contribution in [0.3, 0.4) is 0 Å². The van der Waals surface area contributed by atoms with Crippen LogP contribution in [0.1, 0.15) is 19.3 Å². The second-order valence-corrected chi connectivity index (χ2v) is 5.23. The van der Waals surface area contributed by atoms with Gasteiger partial charge in [0.05, 0.1) is 5.02 Å². The molecule has 0 N–H and O–H groups in total. The van der Waals surface area contributed by atoms with Gasteiger partial charge in [0.25, 0.3) is 0 Å². The summed E-state index contributed by atoms with van der Waals surface area (Å²) < 4.78 is 1.73. The summed E-state index contributed by atoms with van der Waals surface area (Å²) in [4.78, 5) is 18.0. The van der Waals surface area contributed by atoms with E-state index in [2.05, 4.69) is 10.1 Å². The van der Waals surface area contributed by atoms with Crippen LogP contribution in [-0.2, 0) is 11.5 Å². The van der Waals surface area contributed by atoms with Gasteiger partial charge in [-0.2, -0.15) is 5.10 Å². The molecular weight excluding hydrogens is 276 g/mol. The van der Waals surface area contributed by atoms with Gasteiger partial charge in [-0.3, -0.25) is 4.79 Å². The number of halogens is 1. The zero-order valence-corrected chi connectivity index (χ0v) is 11.8. The van der Waals surface area contributed by atoms with Gasteiger partial charge in [-0.25, -0.2) is 9.67 Å². The molecule has 20 heavy (non-hydrogen) atoms. The van der Waals surface area contributed by atoms with Gasteiger partial charge in [0.1, 0.15) is 13.0 Å². The minimum Gasteiger partial charge on any atom is -0.323 e. The fourth-order valence-electron chi connectivity index (χ4n) is 2.39. The first-order chi connectivity index (χ1) is 9.75. The summed E-state index contributed by atoms with van der Waals surface area (Å²) in [6.07, 6.45) is 4.13. The minimum absolute atomic E-state index is 0.178. The zero-order chi connectivity index (χ0) is 13.9. The molecule has 2 heterocycles. The number of hydrogen-bond donors (Lipinski definition) is 0. The Morgan fingerprint density at radius 3 is 2.90 bits per heavy atom. The third-order valence-electron chi connectivity index (χ3n) is 3.46. The molecule has 3 rings (SSSR count). The van der Waals surface area contributed by atoms with Gasteiger partial charge < -0.3 is 4.90 Å². The minimum atomic E-state index is 0.178. The lowest BCUT2D eigenvalue weighted by molar-refractivity contribution is -0.135. The molecule has 1 saturated heterocycles. The summed E-state index contributed by atoms with van der Waals surface area (Å²) in [6, 6.07) is 7.51. The Balaban J connectivity index is 1.87. The topological polar surface area (TPSA) is 51.0 Å². The summed E-state index contributed by atoms with van der Waals surface area (Å²) in [5.41, 5.74) is 0.830. The molecule has 104 valence electrons. The lowest BCUT2D eigenvalue weighted by atomic mass is 10.1. The van der Waals surface area contributed by atoms with Gasteiger partial charge in [-0.1, -0.05) is 23.7 Å². The number of benzene rings is 1. The third kappa shape index (κ3) is 2.54. The maximum Gasteiger partial charge on any atom is 0.224 e. The molecule has 0 saturated carbocycles. The van der Waals surface area contributed by atoms with Gasteiger partial charge in [0.15, 0.2) is 5.82 Å². The number of likely N-dealkylation sites (tertiary alicyclic amines) is 1. The standard InChI is InChI=1S/C14H15ClN4O/c15-12-6-2-1-5-11(12)14-16-9-17-19(14)10-18-8-4-3-7-13(18)20/h1-2,5-6,9H,3-4,7-8,10H2. The second kappa shape index (κ2) is 5.63. The van der Waals surface area contributed by atoms with Crippen molar-refractivity contribution in [2.24, 2.45) is 0 Å². The maximum absolute atomic E-state index is 11.9. The molecule has 1 aliphatic rings. The van der Waals surface area contributed by atoms with Crippen LogP contribution in [0, 0.1) is 0 Å². The van der Waals surface area contributed by atoms with E-state index in [-0.39, 0.29) is 5.91 Å². The second-order valence-electron chi connectivity index (χ2n) is 4.82. The molecule has 0 spiro atoms. The van der Waals surface area contributed by atoms with Crippen LogP contribution in [0.5, 0.6) is 0 Å². The fourth-order valence-corrected chi connectivity index (χ4v) is 2.61. The molecule has 5 nitrogen and oxygen atoms in total. The highest BCUT2D eigenvalue weighted by Crippen LogP contribution is 2.25. The van der Waals surface area contributed by atoms with Gasteiger partial charge in [-0.15, -0.1) is 0 Å². The average Bonchev–Trinajstić information content (AvgIpc) is 2.90. The molecule has 1 aromatic heterocycles. The largest absolute Gasteiger partial charge is 0.323 e. The van der Waals surface area contributed by atoms with Crippen LogP contribution in [0.15, 0.2) is 30.6 Å². The summed E-state index contributed by atoms with van der Waals surface area (Å²) in [7, 11) is 0. The van der Waals surface area contributed by atoms with Crippen molar-refractivity contribution in [3.05, 3.63) is 35.6 Å². The van der Waals surface area contributed by atoms with E-state index in [1.165, 1.54) is 6.33 Å². The number of hydrogen-bond acceptors (Lipinski definition) is 3. The van der Waals surface area contributed by atoms with E-state index in [4.69, 9.17) is 11.6 Å². The number of carbonyl (C=O) groups is 1. The summed E-state index contributed by atoms with van der Waals surface area (Å²) in [5, 5.41) is 4.85. The molecule has 0 bridgehead atoms. The number of piperidine rings is 1. The molecule has 0 unspecified atom stereocenters. The van der Waals surface area contributed by atoms with Crippen molar-refractivity contribution >= 4 is 17.5 Å². The number of nitrogens with zero attached hydrogens (tertiary/aromatic N) is 4. The maximum atomic E-state index is 11.9. The Morgan fingerprint density at radius 1 is 1.25 bits per heavy atom. The lowest BCUT2D eigenvalue weighted by Crippen LogP contribution is -2.37. The van der Waals surface area contributed by atoms with Gasteiger partial charge in [-0.05, 0) is 25.0 Å². The van der Waals surface area contributed by atoms with E-state index in [9.17, 15) is 4.79 Å². The van der Waals surface area contributed by atoms with Gasteiger partial charge in [0, 0.05) is 18.5 Å². The monoisotopic (exact) mass is 290 g/mol. The van der Waals surface area contributed by atoms with Gasteiger partial charge in [0.2, 0.25) is 5.91 Å². The Kier molecular flexibility index (Phi) is 3.69. The van der Waals surface area contributed by atoms with Crippen LogP contribution >= 0.6 is 11.6 Å². The predicted molar refractivity (Wildman–Crippen MR) is 76.0 cm³/mol. The lowest BCUT2D eigenvalue weighted by Gasteiger charge is -2.26. The molecule has 0 radical (unpaired) electrons. The molecule has 1 fully saturated rings. The van der Waals surface area contributed by atoms with Gasteiger partial charge >= 0.3 is 0 Å². The third-order valence-corrected chi connectivity index (χ3v) is 3.79. The number of carbonyl (C=O) groups excluding carboxylic acids is 1. The first kappa shape index (κ1) is 13.1. The Morgan fingerprint density at radius 2 is 2.10 bits per heavy atom. The molecule has 2 aromatic rings. The van der Waals surface area contributed by atoms with E-state index in [1.54, 1.807) is 4.68 Å². The molecule has 6 heteroatoms.